The van der Waals surface area contributed by atoms with Gasteiger partial charge in [-0.1, -0.05) is 30.3 Å². The third-order valence-electron chi connectivity index (χ3n) is 4.35. The highest BCUT2D eigenvalue weighted by molar-refractivity contribution is 5.47. The van der Waals surface area contributed by atoms with E-state index in [2.05, 4.69) is 55.6 Å². The lowest BCUT2D eigenvalue weighted by Gasteiger charge is -2.22. The molecule has 2 aromatic carbocycles. The summed E-state index contributed by atoms with van der Waals surface area (Å²) in [4.78, 5) is 0. The highest BCUT2D eigenvalue weighted by Gasteiger charge is 2.24. The maximum absolute atomic E-state index is 5.87. The molecule has 20 heavy (non-hydrogen) atoms. The standard InChI is InChI=1S/C18H22N2/c1-12-5-3-4-6-16(12)13(2)20-18-10-7-14-11-15(19)8-9-17(14)18/h3-6,8-9,11,13,18,20H,7,10,19H2,1-2H3. The van der Waals surface area contributed by atoms with Gasteiger partial charge in [0.15, 0.2) is 0 Å². The molecule has 1 aliphatic carbocycles. The van der Waals surface area contributed by atoms with E-state index in [1.54, 1.807) is 0 Å². The van der Waals surface area contributed by atoms with Crippen molar-refractivity contribution in [3.8, 4) is 0 Å². The molecule has 2 heteroatoms. The summed E-state index contributed by atoms with van der Waals surface area (Å²) in [6.07, 6.45) is 2.29. The molecule has 0 fully saturated rings. The molecule has 0 saturated carbocycles. The number of nitrogen functional groups attached to an aromatic ring is 1. The maximum atomic E-state index is 5.87. The molecule has 0 radical (unpaired) electrons. The second-order valence-corrected chi connectivity index (χ2v) is 5.79. The van der Waals surface area contributed by atoms with Crippen LogP contribution in [-0.4, -0.2) is 0 Å². The molecular weight excluding hydrogens is 244 g/mol. The number of anilines is 1. The van der Waals surface area contributed by atoms with Gasteiger partial charge in [-0.05, 0) is 61.1 Å². The first-order valence-corrected chi connectivity index (χ1v) is 7.35. The van der Waals surface area contributed by atoms with Crippen LogP contribution in [0, 0.1) is 6.92 Å². The molecule has 2 nitrogen and oxygen atoms in total. The second kappa shape index (κ2) is 5.29. The molecule has 0 aromatic heterocycles. The Balaban J connectivity index is 1.79. The van der Waals surface area contributed by atoms with Gasteiger partial charge in [0, 0.05) is 17.8 Å². The second-order valence-electron chi connectivity index (χ2n) is 5.79. The Bertz CT molecular complexity index is 619. The minimum atomic E-state index is 0.365. The number of rotatable bonds is 3. The SMILES string of the molecule is Cc1ccccc1C(C)NC1CCc2cc(N)ccc21. The van der Waals surface area contributed by atoms with Gasteiger partial charge in [0.05, 0.1) is 0 Å². The van der Waals surface area contributed by atoms with Gasteiger partial charge in [-0.25, -0.2) is 0 Å². The molecule has 2 unspecified atom stereocenters. The van der Waals surface area contributed by atoms with E-state index >= 15 is 0 Å². The van der Waals surface area contributed by atoms with Crippen molar-refractivity contribution in [1.29, 1.82) is 0 Å². The average molecular weight is 266 g/mol. The summed E-state index contributed by atoms with van der Waals surface area (Å²) in [5.74, 6) is 0. The molecule has 3 N–H and O–H groups in total. The lowest BCUT2D eigenvalue weighted by molar-refractivity contribution is 0.464. The monoisotopic (exact) mass is 266 g/mol. The number of aryl methyl sites for hydroxylation is 2. The molecule has 0 amide bonds. The zero-order valence-corrected chi connectivity index (χ0v) is 12.2. The average Bonchev–Trinajstić information content (AvgIpc) is 2.81. The van der Waals surface area contributed by atoms with Crippen LogP contribution in [0.25, 0.3) is 0 Å². The lowest BCUT2D eigenvalue weighted by Crippen LogP contribution is -2.23. The number of benzene rings is 2. The number of nitrogens with two attached hydrogens (primary N) is 1. The molecule has 3 rings (SSSR count). The third-order valence-corrected chi connectivity index (χ3v) is 4.35. The summed E-state index contributed by atoms with van der Waals surface area (Å²) in [7, 11) is 0. The van der Waals surface area contributed by atoms with E-state index in [0.717, 1.165) is 18.5 Å². The molecule has 0 heterocycles. The molecule has 1 aliphatic rings. The topological polar surface area (TPSA) is 38.0 Å². The molecule has 0 aliphatic heterocycles. The van der Waals surface area contributed by atoms with E-state index < -0.39 is 0 Å². The van der Waals surface area contributed by atoms with Crippen LogP contribution in [0.1, 0.15) is 47.7 Å². The minimum absolute atomic E-state index is 0.365. The van der Waals surface area contributed by atoms with Crippen molar-refractivity contribution in [3.63, 3.8) is 0 Å². The molecule has 2 atom stereocenters. The summed E-state index contributed by atoms with van der Waals surface area (Å²) in [5.41, 5.74) is 12.3. The number of hydrogen-bond donors (Lipinski definition) is 2. The quantitative estimate of drug-likeness (QED) is 0.826. The molecule has 0 spiro atoms. The van der Waals surface area contributed by atoms with Crippen molar-refractivity contribution in [2.45, 2.75) is 38.8 Å². The Morgan fingerprint density at radius 1 is 1.20 bits per heavy atom. The predicted molar refractivity (Wildman–Crippen MR) is 84.6 cm³/mol. The minimum Gasteiger partial charge on any atom is -0.399 e. The maximum Gasteiger partial charge on any atom is 0.0331 e. The summed E-state index contributed by atoms with van der Waals surface area (Å²) in [5, 5.41) is 3.77. The molecule has 2 aromatic rings. The first-order chi connectivity index (χ1) is 9.65. The Morgan fingerprint density at radius 2 is 2.00 bits per heavy atom. The van der Waals surface area contributed by atoms with Crippen LogP contribution in [-0.2, 0) is 6.42 Å². The smallest absolute Gasteiger partial charge is 0.0331 e. The highest BCUT2D eigenvalue weighted by atomic mass is 15.0. The van der Waals surface area contributed by atoms with Gasteiger partial charge < -0.3 is 11.1 Å². The number of hydrogen-bond acceptors (Lipinski definition) is 2. The fourth-order valence-corrected chi connectivity index (χ4v) is 3.27. The van der Waals surface area contributed by atoms with E-state index in [-0.39, 0.29) is 0 Å². The van der Waals surface area contributed by atoms with Gasteiger partial charge in [-0.3, -0.25) is 0 Å². The van der Waals surface area contributed by atoms with Gasteiger partial charge in [-0.15, -0.1) is 0 Å². The van der Waals surface area contributed by atoms with Crippen molar-refractivity contribution < 1.29 is 0 Å². The molecule has 104 valence electrons. The van der Waals surface area contributed by atoms with Crippen molar-refractivity contribution in [2.24, 2.45) is 0 Å². The first kappa shape index (κ1) is 13.2. The third kappa shape index (κ3) is 2.44. The molecule has 0 bridgehead atoms. The van der Waals surface area contributed by atoms with Crippen molar-refractivity contribution in [1.82, 2.24) is 5.32 Å². The van der Waals surface area contributed by atoms with Gasteiger partial charge in [-0.2, -0.15) is 0 Å². The van der Waals surface area contributed by atoms with Crippen LogP contribution in [0.2, 0.25) is 0 Å². The summed E-state index contributed by atoms with van der Waals surface area (Å²) in [6, 6.07) is 15.7. The fourth-order valence-electron chi connectivity index (χ4n) is 3.27. The normalized spacial score (nSPS) is 18.8. The number of fused-ring (bicyclic) bond motifs is 1. The van der Waals surface area contributed by atoms with Crippen LogP contribution in [0.3, 0.4) is 0 Å². The van der Waals surface area contributed by atoms with Crippen LogP contribution in [0.15, 0.2) is 42.5 Å². The van der Waals surface area contributed by atoms with E-state index in [1.807, 2.05) is 6.07 Å². The lowest BCUT2D eigenvalue weighted by atomic mass is 10.0. The summed E-state index contributed by atoms with van der Waals surface area (Å²) >= 11 is 0. The van der Waals surface area contributed by atoms with Crippen LogP contribution < -0.4 is 11.1 Å². The Kier molecular flexibility index (Phi) is 3.49. The van der Waals surface area contributed by atoms with Gasteiger partial charge in [0.1, 0.15) is 0 Å². The van der Waals surface area contributed by atoms with E-state index in [0.29, 0.717) is 12.1 Å². The molecular formula is C18H22N2. The van der Waals surface area contributed by atoms with Crippen LogP contribution >= 0.6 is 0 Å². The van der Waals surface area contributed by atoms with Crippen LogP contribution in [0.5, 0.6) is 0 Å². The Hall–Kier alpha value is -1.80. The molecule has 0 saturated heterocycles. The van der Waals surface area contributed by atoms with Gasteiger partial charge in [0.2, 0.25) is 0 Å². The van der Waals surface area contributed by atoms with Crippen molar-refractivity contribution in [3.05, 3.63) is 64.7 Å². The zero-order chi connectivity index (χ0) is 14.1. The largest absolute Gasteiger partial charge is 0.399 e. The fraction of sp³-hybridized carbons (Fsp3) is 0.333. The van der Waals surface area contributed by atoms with Gasteiger partial charge in [0.25, 0.3) is 0 Å². The van der Waals surface area contributed by atoms with Crippen molar-refractivity contribution in [2.75, 3.05) is 5.73 Å². The zero-order valence-electron chi connectivity index (χ0n) is 12.2. The van der Waals surface area contributed by atoms with E-state index in [4.69, 9.17) is 5.73 Å². The van der Waals surface area contributed by atoms with Crippen LogP contribution in [0.4, 0.5) is 5.69 Å². The van der Waals surface area contributed by atoms with E-state index in [9.17, 15) is 0 Å². The number of nitrogens with one attached hydrogen (secondary N) is 1. The summed E-state index contributed by atoms with van der Waals surface area (Å²) in [6.45, 7) is 4.43. The Labute approximate surface area is 121 Å². The van der Waals surface area contributed by atoms with Gasteiger partial charge >= 0.3 is 0 Å². The predicted octanol–water partition coefficient (Wildman–Crippen LogP) is 3.92. The summed E-state index contributed by atoms with van der Waals surface area (Å²) < 4.78 is 0. The van der Waals surface area contributed by atoms with Crippen molar-refractivity contribution >= 4 is 5.69 Å². The Morgan fingerprint density at radius 3 is 2.80 bits per heavy atom. The van der Waals surface area contributed by atoms with E-state index in [1.165, 1.54) is 22.3 Å². The highest BCUT2D eigenvalue weighted by Crippen LogP contribution is 2.34. The first-order valence-electron chi connectivity index (χ1n) is 7.35.